The second kappa shape index (κ2) is 3.75. The SMILES string of the molecule is CC(C)C(=O)c1cc(CN)n(C)c1. The maximum absolute atomic E-state index is 11.6. The van der Waals surface area contributed by atoms with Crippen molar-refractivity contribution >= 4 is 5.78 Å². The van der Waals surface area contributed by atoms with Crippen LogP contribution in [0.5, 0.6) is 0 Å². The summed E-state index contributed by atoms with van der Waals surface area (Å²) in [4.78, 5) is 11.6. The average molecular weight is 180 g/mol. The molecule has 1 aromatic rings. The molecule has 1 rings (SSSR count). The van der Waals surface area contributed by atoms with E-state index in [1.807, 2.05) is 37.7 Å². The summed E-state index contributed by atoms with van der Waals surface area (Å²) in [6.07, 6.45) is 1.84. The number of nitrogens with two attached hydrogens (primary N) is 1. The number of nitrogens with zero attached hydrogens (tertiary/aromatic N) is 1. The molecule has 0 unspecified atom stereocenters. The summed E-state index contributed by atoms with van der Waals surface area (Å²) in [5, 5.41) is 0. The molecular formula is C10H16N2O. The van der Waals surface area contributed by atoms with Gasteiger partial charge in [0.1, 0.15) is 0 Å². The zero-order valence-electron chi connectivity index (χ0n) is 8.37. The summed E-state index contributed by atoms with van der Waals surface area (Å²) in [7, 11) is 1.90. The van der Waals surface area contributed by atoms with Gasteiger partial charge in [0.05, 0.1) is 0 Å². The fraction of sp³-hybridized carbons (Fsp3) is 0.500. The van der Waals surface area contributed by atoms with Gasteiger partial charge < -0.3 is 10.3 Å². The van der Waals surface area contributed by atoms with Crippen molar-refractivity contribution in [3.05, 3.63) is 23.5 Å². The molecule has 0 amide bonds. The third kappa shape index (κ3) is 1.98. The third-order valence-electron chi connectivity index (χ3n) is 2.13. The number of ketones is 1. The molecule has 0 aliphatic heterocycles. The van der Waals surface area contributed by atoms with Gasteiger partial charge in [-0.05, 0) is 6.07 Å². The third-order valence-corrected chi connectivity index (χ3v) is 2.13. The second-order valence-corrected chi connectivity index (χ2v) is 3.55. The van der Waals surface area contributed by atoms with E-state index in [1.54, 1.807) is 0 Å². The van der Waals surface area contributed by atoms with Crippen LogP contribution in [0.3, 0.4) is 0 Å². The van der Waals surface area contributed by atoms with Gasteiger partial charge >= 0.3 is 0 Å². The first-order chi connectivity index (χ1) is 6.06. The molecule has 0 saturated carbocycles. The molecule has 1 heterocycles. The molecule has 2 N–H and O–H groups in total. The van der Waals surface area contributed by atoms with Crippen molar-refractivity contribution in [2.24, 2.45) is 18.7 Å². The Labute approximate surface area is 78.5 Å². The molecule has 13 heavy (non-hydrogen) atoms. The van der Waals surface area contributed by atoms with Gasteiger partial charge in [0, 0.05) is 37.0 Å². The lowest BCUT2D eigenvalue weighted by molar-refractivity contribution is 0.0939. The minimum atomic E-state index is 0.0491. The predicted molar refractivity (Wildman–Crippen MR) is 52.5 cm³/mol. The van der Waals surface area contributed by atoms with Crippen molar-refractivity contribution in [2.45, 2.75) is 20.4 Å². The van der Waals surface area contributed by atoms with E-state index in [4.69, 9.17) is 5.73 Å². The second-order valence-electron chi connectivity index (χ2n) is 3.55. The van der Waals surface area contributed by atoms with Crippen LogP contribution in [0.25, 0.3) is 0 Å². The summed E-state index contributed by atoms with van der Waals surface area (Å²) in [5.41, 5.74) is 7.26. The minimum Gasteiger partial charge on any atom is -0.353 e. The van der Waals surface area contributed by atoms with E-state index >= 15 is 0 Å². The van der Waals surface area contributed by atoms with Gasteiger partial charge in [-0.15, -0.1) is 0 Å². The zero-order valence-corrected chi connectivity index (χ0v) is 8.37. The molecule has 72 valence electrons. The number of Topliss-reactive ketones (excluding diaryl/α,β-unsaturated/α-hetero) is 1. The standard InChI is InChI=1S/C10H16N2O/c1-7(2)10(13)8-4-9(5-11)12(3)6-8/h4,6-7H,5,11H2,1-3H3. The molecule has 0 spiro atoms. The van der Waals surface area contributed by atoms with E-state index in [1.165, 1.54) is 0 Å². The number of aromatic nitrogens is 1. The summed E-state index contributed by atoms with van der Waals surface area (Å²) in [5.74, 6) is 0.225. The Morgan fingerprint density at radius 3 is 2.62 bits per heavy atom. The van der Waals surface area contributed by atoms with Crippen LogP contribution < -0.4 is 5.73 Å². The van der Waals surface area contributed by atoms with Crippen LogP contribution in [-0.2, 0) is 13.6 Å². The molecule has 0 aromatic carbocycles. The highest BCUT2D eigenvalue weighted by Gasteiger charge is 2.12. The maximum Gasteiger partial charge on any atom is 0.166 e. The van der Waals surface area contributed by atoms with Crippen LogP contribution in [0.2, 0.25) is 0 Å². The fourth-order valence-corrected chi connectivity index (χ4v) is 1.28. The average Bonchev–Trinajstić information content (AvgIpc) is 2.45. The van der Waals surface area contributed by atoms with Gasteiger partial charge in [0.25, 0.3) is 0 Å². The fourth-order valence-electron chi connectivity index (χ4n) is 1.28. The number of carbonyl (C=O) groups is 1. The van der Waals surface area contributed by atoms with Crippen molar-refractivity contribution in [3.63, 3.8) is 0 Å². The van der Waals surface area contributed by atoms with Gasteiger partial charge in [0.15, 0.2) is 5.78 Å². The van der Waals surface area contributed by atoms with Crippen molar-refractivity contribution in [2.75, 3.05) is 0 Å². The molecular weight excluding hydrogens is 164 g/mol. The van der Waals surface area contributed by atoms with Crippen molar-refractivity contribution < 1.29 is 4.79 Å². The Balaban J connectivity index is 2.97. The Morgan fingerprint density at radius 1 is 1.62 bits per heavy atom. The normalized spacial score (nSPS) is 10.8. The lowest BCUT2D eigenvalue weighted by Crippen LogP contribution is -2.05. The van der Waals surface area contributed by atoms with Crippen molar-refractivity contribution in [1.82, 2.24) is 4.57 Å². The van der Waals surface area contributed by atoms with Crippen LogP contribution in [0.15, 0.2) is 12.3 Å². The number of rotatable bonds is 3. The molecule has 0 aliphatic carbocycles. The van der Waals surface area contributed by atoms with Crippen LogP contribution >= 0.6 is 0 Å². The molecule has 1 aromatic heterocycles. The molecule has 0 fully saturated rings. The largest absolute Gasteiger partial charge is 0.353 e. The predicted octanol–water partition coefficient (Wildman–Crippen LogP) is 1.32. The first-order valence-electron chi connectivity index (χ1n) is 4.45. The number of carbonyl (C=O) groups excluding carboxylic acids is 1. The Bertz CT molecular complexity index is 313. The molecule has 0 atom stereocenters. The van der Waals surface area contributed by atoms with Crippen molar-refractivity contribution in [1.29, 1.82) is 0 Å². The van der Waals surface area contributed by atoms with Gasteiger partial charge in [-0.25, -0.2) is 0 Å². The van der Waals surface area contributed by atoms with Crippen molar-refractivity contribution in [3.8, 4) is 0 Å². The molecule has 0 saturated heterocycles. The molecule has 3 heteroatoms. The first-order valence-corrected chi connectivity index (χ1v) is 4.45. The van der Waals surface area contributed by atoms with E-state index < -0.39 is 0 Å². The number of hydrogen-bond donors (Lipinski definition) is 1. The van der Waals surface area contributed by atoms with Crippen LogP contribution in [-0.4, -0.2) is 10.4 Å². The summed E-state index contributed by atoms with van der Waals surface area (Å²) in [6, 6.07) is 1.86. The summed E-state index contributed by atoms with van der Waals surface area (Å²) < 4.78 is 1.90. The number of aryl methyl sites for hydroxylation is 1. The van der Waals surface area contributed by atoms with E-state index in [9.17, 15) is 4.79 Å². The highest BCUT2D eigenvalue weighted by Crippen LogP contribution is 2.11. The smallest absolute Gasteiger partial charge is 0.166 e. The maximum atomic E-state index is 11.6. The van der Waals surface area contributed by atoms with Crippen LogP contribution in [0.1, 0.15) is 29.9 Å². The summed E-state index contributed by atoms with van der Waals surface area (Å²) in [6.45, 7) is 4.27. The van der Waals surface area contributed by atoms with E-state index in [-0.39, 0.29) is 11.7 Å². The Morgan fingerprint density at radius 2 is 2.23 bits per heavy atom. The molecule has 3 nitrogen and oxygen atoms in total. The topological polar surface area (TPSA) is 48.0 Å². The lowest BCUT2D eigenvalue weighted by Gasteiger charge is -1.99. The Kier molecular flexibility index (Phi) is 2.88. The van der Waals surface area contributed by atoms with Gasteiger partial charge in [-0.1, -0.05) is 13.8 Å². The van der Waals surface area contributed by atoms with Gasteiger partial charge in [-0.3, -0.25) is 4.79 Å². The van der Waals surface area contributed by atoms with E-state index in [0.29, 0.717) is 6.54 Å². The van der Waals surface area contributed by atoms with Crippen LogP contribution in [0.4, 0.5) is 0 Å². The highest BCUT2D eigenvalue weighted by molar-refractivity contribution is 5.97. The molecule has 0 radical (unpaired) electrons. The summed E-state index contributed by atoms with van der Waals surface area (Å²) >= 11 is 0. The molecule has 0 aliphatic rings. The van der Waals surface area contributed by atoms with E-state index in [0.717, 1.165) is 11.3 Å². The monoisotopic (exact) mass is 180 g/mol. The zero-order chi connectivity index (χ0) is 10.0. The minimum absolute atomic E-state index is 0.0491. The first kappa shape index (κ1) is 9.99. The van der Waals surface area contributed by atoms with Crippen LogP contribution in [0, 0.1) is 5.92 Å². The van der Waals surface area contributed by atoms with E-state index in [2.05, 4.69) is 0 Å². The number of hydrogen-bond acceptors (Lipinski definition) is 2. The molecule has 0 bridgehead atoms. The Hall–Kier alpha value is -1.09. The quantitative estimate of drug-likeness (QED) is 0.713. The highest BCUT2D eigenvalue weighted by atomic mass is 16.1. The lowest BCUT2D eigenvalue weighted by atomic mass is 10.0. The van der Waals surface area contributed by atoms with Gasteiger partial charge in [0.2, 0.25) is 0 Å². The van der Waals surface area contributed by atoms with Gasteiger partial charge in [-0.2, -0.15) is 0 Å².